The third-order valence-corrected chi connectivity index (χ3v) is 5.76. The fourth-order valence-electron chi connectivity index (χ4n) is 4.08. The monoisotopic (exact) mass is 329 g/mol. The summed E-state index contributed by atoms with van der Waals surface area (Å²) in [6, 6.07) is 8.73. The molecule has 3 aliphatic heterocycles. The standard InChI is InChI=1S/C19H27N3O2/c1-2-20-8-10-21(11-9-20)16-13-22(14-16)19(23)18-17-6-4-3-5-15(17)7-12-24-18/h3-6,16,18H,2,7-14H2,1H3. The maximum atomic E-state index is 12.8. The molecule has 1 atom stereocenters. The van der Waals surface area contributed by atoms with E-state index in [1.165, 1.54) is 5.56 Å². The lowest BCUT2D eigenvalue weighted by Crippen LogP contribution is -2.64. The van der Waals surface area contributed by atoms with Crippen LogP contribution in [0.2, 0.25) is 0 Å². The number of nitrogens with zero attached hydrogens (tertiary/aromatic N) is 3. The SMILES string of the molecule is CCN1CCN(C2CN(C(=O)C3OCCc4ccccc43)C2)CC1. The van der Waals surface area contributed by atoms with Crippen molar-refractivity contribution in [2.45, 2.75) is 25.5 Å². The molecule has 0 saturated carbocycles. The van der Waals surface area contributed by atoms with Crippen LogP contribution in [0.3, 0.4) is 0 Å². The predicted molar refractivity (Wildman–Crippen MR) is 92.9 cm³/mol. The van der Waals surface area contributed by atoms with Gasteiger partial charge in [-0.2, -0.15) is 0 Å². The lowest BCUT2D eigenvalue weighted by atomic mass is 9.95. The van der Waals surface area contributed by atoms with Gasteiger partial charge in [0.05, 0.1) is 6.61 Å². The maximum absolute atomic E-state index is 12.8. The van der Waals surface area contributed by atoms with Gasteiger partial charge in [0.1, 0.15) is 0 Å². The summed E-state index contributed by atoms with van der Waals surface area (Å²) in [5.74, 6) is 0.144. The molecular formula is C19H27N3O2. The summed E-state index contributed by atoms with van der Waals surface area (Å²) in [7, 11) is 0. The van der Waals surface area contributed by atoms with Gasteiger partial charge in [0.2, 0.25) is 0 Å². The zero-order chi connectivity index (χ0) is 16.5. The molecule has 0 aromatic heterocycles. The molecule has 1 unspecified atom stereocenters. The van der Waals surface area contributed by atoms with E-state index in [2.05, 4.69) is 22.8 Å². The normalized spacial score (nSPS) is 26.0. The van der Waals surface area contributed by atoms with E-state index in [0.717, 1.165) is 57.8 Å². The lowest BCUT2D eigenvalue weighted by Gasteiger charge is -2.49. The molecule has 2 fully saturated rings. The van der Waals surface area contributed by atoms with Crippen molar-refractivity contribution in [3.8, 4) is 0 Å². The van der Waals surface area contributed by atoms with Crippen molar-refractivity contribution in [3.05, 3.63) is 35.4 Å². The lowest BCUT2D eigenvalue weighted by molar-refractivity contribution is -0.153. The zero-order valence-corrected chi connectivity index (χ0v) is 14.5. The van der Waals surface area contributed by atoms with Crippen molar-refractivity contribution in [1.82, 2.24) is 14.7 Å². The number of amides is 1. The highest BCUT2D eigenvalue weighted by Gasteiger charge is 2.40. The van der Waals surface area contributed by atoms with Crippen LogP contribution in [-0.4, -0.2) is 79.1 Å². The third-order valence-electron chi connectivity index (χ3n) is 5.76. The molecule has 130 valence electrons. The van der Waals surface area contributed by atoms with Crippen molar-refractivity contribution in [2.75, 3.05) is 52.4 Å². The average molecular weight is 329 g/mol. The number of hydrogen-bond donors (Lipinski definition) is 0. The van der Waals surface area contributed by atoms with Crippen LogP contribution in [-0.2, 0) is 16.0 Å². The summed E-state index contributed by atoms with van der Waals surface area (Å²) < 4.78 is 5.82. The van der Waals surface area contributed by atoms with E-state index in [1.54, 1.807) is 0 Å². The first-order valence-electron chi connectivity index (χ1n) is 9.21. The Hall–Kier alpha value is -1.43. The van der Waals surface area contributed by atoms with E-state index in [0.29, 0.717) is 12.6 Å². The molecule has 3 heterocycles. The van der Waals surface area contributed by atoms with E-state index < -0.39 is 6.10 Å². The molecule has 3 aliphatic rings. The third kappa shape index (κ3) is 2.96. The molecule has 0 spiro atoms. The van der Waals surface area contributed by atoms with E-state index >= 15 is 0 Å². The highest BCUT2D eigenvalue weighted by atomic mass is 16.5. The largest absolute Gasteiger partial charge is 0.363 e. The van der Waals surface area contributed by atoms with Crippen LogP contribution in [0.25, 0.3) is 0 Å². The number of hydrogen-bond acceptors (Lipinski definition) is 4. The Morgan fingerprint density at radius 2 is 1.92 bits per heavy atom. The molecule has 0 bridgehead atoms. The first kappa shape index (κ1) is 16.1. The minimum atomic E-state index is -0.396. The van der Waals surface area contributed by atoms with Crippen molar-refractivity contribution in [3.63, 3.8) is 0 Å². The van der Waals surface area contributed by atoms with Crippen LogP contribution in [0.1, 0.15) is 24.2 Å². The van der Waals surface area contributed by atoms with Gasteiger partial charge in [-0.3, -0.25) is 9.69 Å². The van der Waals surface area contributed by atoms with Crippen molar-refractivity contribution in [1.29, 1.82) is 0 Å². The van der Waals surface area contributed by atoms with Gasteiger partial charge in [-0.05, 0) is 24.1 Å². The molecule has 0 aliphatic carbocycles. The molecule has 5 nitrogen and oxygen atoms in total. The summed E-state index contributed by atoms with van der Waals surface area (Å²) in [4.78, 5) is 19.9. The smallest absolute Gasteiger partial charge is 0.256 e. The van der Waals surface area contributed by atoms with E-state index in [-0.39, 0.29) is 5.91 Å². The fourth-order valence-corrected chi connectivity index (χ4v) is 4.08. The Morgan fingerprint density at radius 1 is 1.17 bits per heavy atom. The number of ether oxygens (including phenoxy) is 1. The second-order valence-electron chi connectivity index (χ2n) is 7.07. The first-order valence-corrected chi connectivity index (χ1v) is 9.21. The van der Waals surface area contributed by atoms with Crippen LogP contribution in [0, 0.1) is 0 Å². The minimum absolute atomic E-state index is 0.144. The van der Waals surface area contributed by atoms with Crippen LogP contribution < -0.4 is 0 Å². The molecule has 5 heteroatoms. The molecular weight excluding hydrogens is 302 g/mol. The maximum Gasteiger partial charge on any atom is 0.256 e. The second kappa shape index (κ2) is 6.82. The van der Waals surface area contributed by atoms with Crippen molar-refractivity contribution in [2.24, 2.45) is 0 Å². The summed E-state index contributed by atoms with van der Waals surface area (Å²) >= 11 is 0. The number of rotatable bonds is 3. The summed E-state index contributed by atoms with van der Waals surface area (Å²) in [5.41, 5.74) is 2.32. The predicted octanol–water partition coefficient (Wildman–Crippen LogP) is 1.15. The number of fused-ring (bicyclic) bond motifs is 1. The number of likely N-dealkylation sites (tertiary alicyclic amines) is 1. The van der Waals surface area contributed by atoms with Crippen LogP contribution in [0.4, 0.5) is 0 Å². The highest BCUT2D eigenvalue weighted by molar-refractivity contribution is 5.83. The Kier molecular flexibility index (Phi) is 4.57. The number of likely N-dealkylation sites (N-methyl/N-ethyl adjacent to an activating group) is 1. The van der Waals surface area contributed by atoms with Gasteiger partial charge in [0, 0.05) is 45.3 Å². The first-order chi connectivity index (χ1) is 11.8. The van der Waals surface area contributed by atoms with Crippen molar-refractivity contribution < 1.29 is 9.53 Å². The fraction of sp³-hybridized carbons (Fsp3) is 0.632. The summed E-state index contributed by atoms with van der Waals surface area (Å²) in [6.07, 6.45) is 0.512. The number of carbonyl (C=O) groups excluding carboxylic acids is 1. The molecule has 2 saturated heterocycles. The van der Waals surface area contributed by atoms with Gasteiger partial charge in [-0.25, -0.2) is 0 Å². The Labute approximate surface area is 144 Å². The Morgan fingerprint density at radius 3 is 2.67 bits per heavy atom. The highest BCUT2D eigenvalue weighted by Crippen LogP contribution is 2.30. The minimum Gasteiger partial charge on any atom is -0.363 e. The van der Waals surface area contributed by atoms with Gasteiger partial charge >= 0.3 is 0 Å². The second-order valence-corrected chi connectivity index (χ2v) is 7.07. The molecule has 1 aromatic carbocycles. The molecule has 1 amide bonds. The molecule has 1 aromatic rings. The topological polar surface area (TPSA) is 36.0 Å². The number of piperazine rings is 1. The summed E-state index contributed by atoms with van der Waals surface area (Å²) in [6.45, 7) is 10.3. The van der Waals surface area contributed by atoms with Gasteiger partial charge in [0.25, 0.3) is 5.91 Å². The van der Waals surface area contributed by atoms with Crippen LogP contribution in [0.5, 0.6) is 0 Å². The Bertz CT molecular complexity index is 592. The van der Waals surface area contributed by atoms with E-state index in [4.69, 9.17) is 4.74 Å². The van der Waals surface area contributed by atoms with Gasteiger partial charge in [0.15, 0.2) is 6.10 Å². The molecule has 4 rings (SSSR count). The van der Waals surface area contributed by atoms with Crippen LogP contribution in [0.15, 0.2) is 24.3 Å². The molecule has 0 N–H and O–H groups in total. The average Bonchev–Trinajstić information content (AvgIpc) is 2.60. The molecule has 24 heavy (non-hydrogen) atoms. The summed E-state index contributed by atoms with van der Waals surface area (Å²) in [5, 5.41) is 0. The van der Waals surface area contributed by atoms with Gasteiger partial charge in [-0.15, -0.1) is 0 Å². The molecule has 0 radical (unpaired) electrons. The van der Waals surface area contributed by atoms with Gasteiger partial charge in [-0.1, -0.05) is 31.2 Å². The van der Waals surface area contributed by atoms with Crippen molar-refractivity contribution >= 4 is 5.91 Å². The van der Waals surface area contributed by atoms with E-state index in [1.807, 2.05) is 23.1 Å². The van der Waals surface area contributed by atoms with Gasteiger partial charge < -0.3 is 14.5 Å². The number of carbonyl (C=O) groups is 1. The Balaban J connectivity index is 1.34. The number of benzene rings is 1. The van der Waals surface area contributed by atoms with Crippen LogP contribution >= 0.6 is 0 Å². The quantitative estimate of drug-likeness (QED) is 0.833. The van der Waals surface area contributed by atoms with E-state index in [9.17, 15) is 4.79 Å². The zero-order valence-electron chi connectivity index (χ0n) is 14.5.